The molecule has 0 bridgehead atoms. The minimum absolute atomic E-state index is 0.109. The summed E-state index contributed by atoms with van der Waals surface area (Å²) in [4.78, 5) is 14.6. The zero-order valence-corrected chi connectivity index (χ0v) is 15.8. The summed E-state index contributed by atoms with van der Waals surface area (Å²) >= 11 is 0. The first-order chi connectivity index (χ1) is 14.1. The van der Waals surface area contributed by atoms with Crippen LogP contribution in [0.15, 0.2) is 78.2 Å². The third-order valence-electron chi connectivity index (χ3n) is 4.61. The van der Waals surface area contributed by atoms with Gasteiger partial charge in [-0.25, -0.2) is 4.98 Å². The molecule has 0 saturated carbocycles. The van der Waals surface area contributed by atoms with Gasteiger partial charge in [-0.15, -0.1) is 0 Å². The van der Waals surface area contributed by atoms with Gasteiger partial charge in [-0.3, -0.25) is 15.5 Å². The molecular formula is C22H19N5O2. The molecule has 0 saturated heterocycles. The molecule has 0 fully saturated rings. The van der Waals surface area contributed by atoms with E-state index in [1.54, 1.807) is 6.21 Å². The van der Waals surface area contributed by atoms with Crippen molar-refractivity contribution in [3.8, 4) is 0 Å². The molecule has 0 amide bonds. The van der Waals surface area contributed by atoms with Crippen LogP contribution in [0.2, 0.25) is 0 Å². The molecule has 4 aromatic rings. The number of benzene rings is 2. The van der Waals surface area contributed by atoms with Crippen molar-refractivity contribution in [2.24, 2.45) is 5.10 Å². The van der Waals surface area contributed by atoms with Gasteiger partial charge in [0.1, 0.15) is 0 Å². The molecule has 2 aromatic carbocycles. The first kappa shape index (κ1) is 18.4. The lowest BCUT2D eigenvalue weighted by molar-refractivity contribution is -0.384. The minimum Gasteiger partial charge on any atom is -0.342 e. The Morgan fingerprint density at radius 3 is 2.86 bits per heavy atom. The predicted molar refractivity (Wildman–Crippen MR) is 114 cm³/mol. The van der Waals surface area contributed by atoms with Gasteiger partial charge in [0, 0.05) is 41.5 Å². The topological polar surface area (TPSA) is 85.3 Å². The molecule has 0 aliphatic heterocycles. The maximum Gasteiger partial charge on any atom is 0.313 e. The number of fused-ring (bicyclic) bond motifs is 1. The first-order valence-corrected chi connectivity index (χ1v) is 9.14. The highest BCUT2D eigenvalue weighted by atomic mass is 16.6. The Hall–Kier alpha value is -4.00. The Bertz CT molecular complexity index is 1210. The summed E-state index contributed by atoms with van der Waals surface area (Å²) in [5, 5.41) is 16.3. The Morgan fingerprint density at radius 1 is 1.17 bits per heavy atom. The van der Waals surface area contributed by atoms with Crippen LogP contribution in [-0.4, -0.2) is 20.7 Å². The highest BCUT2D eigenvalue weighted by molar-refractivity contribution is 5.99. The molecule has 0 unspecified atom stereocenters. The van der Waals surface area contributed by atoms with Crippen LogP contribution in [0, 0.1) is 17.0 Å². The van der Waals surface area contributed by atoms with E-state index in [4.69, 9.17) is 0 Å². The summed E-state index contributed by atoms with van der Waals surface area (Å²) < 4.78 is 2.18. The van der Waals surface area contributed by atoms with Gasteiger partial charge >= 0.3 is 5.69 Å². The molecule has 7 heteroatoms. The number of aryl methyl sites for hydroxylation is 1. The third kappa shape index (κ3) is 3.98. The Kier molecular flexibility index (Phi) is 5.03. The second kappa shape index (κ2) is 7.93. The van der Waals surface area contributed by atoms with Crippen LogP contribution in [0.4, 0.5) is 11.5 Å². The number of hydrogen-bond donors (Lipinski definition) is 1. The molecule has 29 heavy (non-hydrogen) atoms. The number of nitrogens with one attached hydrogen (secondary N) is 1. The molecular weight excluding hydrogens is 366 g/mol. The molecule has 0 aliphatic carbocycles. The number of nitro groups is 1. The number of anilines is 1. The summed E-state index contributed by atoms with van der Waals surface area (Å²) in [6.45, 7) is 2.83. The SMILES string of the molecule is Cc1cccc(Cn2cc(/C=N\Nc3ncccc3[N+](=O)[O-])c3ccccc32)c1. The standard InChI is InChI=1S/C22H19N5O2/c1-16-6-4-7-17(12-16)14-26-15-18(19-8-2-3-9-20(19)26)13-24-25-22-21(27(28)29)10-5-11-23-22/h2-13,15H,14H2,1H3,(H,23,25)/b24-13-. The predicted octanol–water partition coefficient (Wildman–Crippen LogP) is 4.75. The molecule has 0 radical (unpaired) electrons. The molecule has 2 aromatic heterocycles. The Balaban J connectivity index is 1.63. The molecule has 0 spiro atoms. The van der Waals surface area contributed by atoms with Crippen molar-refractivity contribution in [1.82, 2.24) is 9.55 Å². The lowest BCUT2D eigenvalue weighted by Gasteiger charge is -2.06. The van der Waals surface area contributed by atoms with E-state index in [1.807, 2.05) is 24.4 Å². The zero-order valence-electron chi connectivity index (χ0n) is 15.8. The van der Waals surface area contributed by atoms with E-state index in [0.717, 1.165) is 23.0 Å². The van der Waals surface area contributed by atoms with Crippen LogP contribution in [0.1, 0.15) is 16.7 Å². The first-order valence-electron chi connectivity index (χ1n) is 9.14. The van der Waals surface area contributed by atoms with E-state index in [1.165, 1.54) is 29.5 Å². The van der Waals surface area contributed by atoms with Crippen LogP contribution in [0.3, 0.4) is 0 Å². The highest BCUT2D eigenvalue weighted by Gasteiger charge is 2.13. The summed E-state index contributed by atoms with van der Waals surface area (Å²) in [5.41, 5.74) is 7.02. The fourth-order valence-corrected chi connectivity index (χ4v) is 3.31. The zero-order chi connectivity index (χ0) is 20.2. The number of pyridine rings is 1. The molecule has 4 rings (SSSR count). The van der Waals surface area contributed by atoms with Crippen LogP contribution in [0.5, 0.6) is 0 Å². The molecule has 2 heterocycles. The largest absolute Gasteiger partial charge is 0.342 e. The smallest absolute Gasteiger partial charge is 0.313 e. The van der Waals surface area contributed by atoms with Crippen molar-refractivity contribution in [2.75, 3.05) is 5.43 Å². The normalized spacial score (nSPS) is 11.2. The van der Waals surface area contributed by atoms with Crippen molar-refractivity contribution in [1.29, 1.82) is 0 Å². The quantitative estimate of drug-likeness (QED) is 0.295. The molecule has 1 N–H and O–H groups in total. The van der Waals surface area contributed by atoms with Crippen LogP contribution in [0.25, 0.3) is 10.9 Å². The van der Waals surface area contributed by atoms with E-state index in [2.05, 4.69) is 57.3 Å². The van der Waals surface area contributed by atoms with E-state index in [0.29, 0.717) is 0 Å². The van der Waals surface area contributed by atoms with E-state index in [-0.39, 0.29) is 11.5 Å². The maximum absolute atomic E-state index is 11.1. The summed E-state index contributed by atoms with van der Waals surface area (Å²) in [5.74, 6) is 0.109. The number of hydrazone groups is 1. The second-order valence-electron chi connectivity index (χ2n) is 6.72. The van der Waals surface area contributed by atoms with Gasteiger partial charge in [-0.05, 0) is 24.6 Å². The Morgan fingerprint density at radius 2 is 2.03 bits per heavy atom. The van der Waals surface area contributed by atoms with Gasteiger partial charge in [-0.1, -0.05) is 48.0 Å². The van der Waals surface area contributed by atoms with Crippen LogP contribution >= 0.6 is 0 Å². The fraction of sp³-hybridized carbons (Fsp3) is 0.0909. The lowest BCUT2D eigenvalue weighted by Crippen LogP contribution is -1.99. The highest BCUT2D eigenvalue weighted by Crippen LogP contribution is 2.23. The maximum atomic E-state index is 11.1. The van der Waals surface area contributed by atoms with Gasteiger partial charge < -0.3 is 4.57 Å². The van der Waals surface area contributed by atoms with Crippen molar-refractivity contribution in [2.45, 2.75) is 13.5 Å². The van der Waals surface area contributed by atoms with Crippen molar-refractivity contribution in [3.63, 3.8) is 0 Å². The molecule has 0 atom stereocenters. The monoisotopic (exact) mass is 385 g/mol. The van der Waals surface area contributed by atoms with Gasteiger partial charge in [0.05, 0.1) is 11.1 Å². The summed E-state index contributed by atoms with van der Waals surface area (Å²) in [6, 6.07) is 19.4. The van der Waals surface area contributed by atoms with Crippen molar-refractivity contribution < 1.29 is 4.92 Å². The molecule has 0 aliphatic rings. The Labute approximate surface area is 167 Å². The average molecular weight is 385 g/mol. The van der Waals surface area contributed by atoms with E-state index < -0.39 is 4.92 Å². The van der Waals surface area contributed by atoms with Gasteiger partial charge in [0.2, 0.25) is 5.82 Å². The van der Waals surface area contributed by atoms with Crippen molar-refractivity contribution >= 4 is 28.6 Å². The van der Waals surface area contributed by atoms with E-state index >= 15 is 0 Å². The number of aromatic nitrogens is 2. The second-order valence-corrected chi connectivity index (χ2v) is 6.72. The van der Waals surface area contributed by atoms with Crippen LogP contribution < -0.4 is 5.43 Å². The minimum atomic E-state index is -0.488. The number of rotatable bonds is 6. The number of para-hydroxylation sites is 1. The van der Waals surface area contributed by atoms with Gasteiger partial charge in [-0.2, -0.15) is 5.10 Å². The molecule has 144 valence electrons. The number of hydrogen-bond acceptors (Lipinski definition) is 5. The van der Waals surface area contributed by atoms with Crippen LogP contribution in [-0.2, 0) is 6.54 Å². The van der Waals surface area contributed by atoms with Gasteiger partial charge in [0.25, 0.3) is 0 Å². The summed E-state index contributed by atoms with van der Waals surface area (Å²) in [6.07, 6.45) is 5.18. The lowest BCUT2D eigenvalue weighted by atomic mass is 10.1. The average Bonchev–Trinajstić information content (AvgIpc) is 3.06. The summed E-state index contributed by atoms with van der Waals surface area (Å²) in [7, 11) is 0. The van der Waals surface area contributed by atoms with Crippen molar-refractivity contribution in [3.05, 3.63) is 99.9 Å². The molecule has 7 nitrogen and oxygen atoms in total. The van der Waals surface area contributed by atoms with Gasteiger partial charge in [0.15, 0.2) is 0 Å². The third-order valence-corrected chi connectivity index (χ3v) is 4.61. The van der Waals surface area contributed by atoms with E-state index in [9.17, 15) is 10.1 Å². The number of nitrogens with zero attached hydrogens (tertiary/aromatic N) is 4. The fourth-order valence-electron chi connectivity index (χ4n) is 3.31.